The molecule has 0 saturated carbocycles. The lowest BCUT2D eigenvalue weighted by Gasteiger charge is -2.25. The van der Waals surface area contributed by atoms with Crippen LogP contribution in [-0.2, 0) is 5.60 Å². The Balaban J connectivity index is 2.21. The van der Waals surface area contributed by atoms with Gasteiger partial charge in [0.15, 0.2) is 0 Å². The predicted octanol–water partition coefficient (Wildman–Crippen LogP) is 3.56. The maximum absolute atomic E-state index is 13.3. The van der Waals surface area contributed by atoms with E-state index >= 15 is 0 Å². The van der Waals surface area contributed by atoms with Crippen LogP contribution >= 0.6 is 0 Å². The van der Waals surface area contributed by atoms with Gasteiger partial charge < -0.3 is 10.1 Å². The summed E-state index contributed by atoms with van der Waals surface area (Å²) >= 11 is 0. The number of aromatic nitrogens is 1. The molecule has 1 aromatic heterocycles. The zero-order valence-electron chi connectivity index (χ0n) is 10.5. The number of nitrogens with one attached hydrogen (secondary N) is 1. The van der Waals surface area contributed by atoms with E-state index in [0.717, 1.165) is 16.5 Å². The van der Waals surface area contributed by atoms with Crippen LogP contribution in [-0.4, -0.2) is 10.1 Å². The average molecular weight is 255 g/mol. The molecule has 96 valence electrons. The SMILES string of the molecule is CC(O)(c1cccc(F)c1)c1cccc2[nH]ccc12. The maximum Gasteiger partial charge on any atom is 0.123 e. The molecule has 1 atom stereocenters. The second-order valence-electron chi connectivity index (χ2n) is 4.83. The number of rotatable bonds is 2. The van der Waals surface area contributed by atoms with Gasteiger partial charge in [-0.15, -0.1) is 0 Å². The molecule has 2 nitrogen and oxygen atoms in total. The molecular formula is C16H14FNO. The Labute approximate surface area is 110 Å². The number of halogens is 1. The lowest BCUT2D eigenvalue weighted by molar-refractivity contribution is 0.103. The van der Waals surface area contributed by atoms with E-state index in [1.165, 1.54) is 12.1 Å². The fourth-order valence-electron chi connectivity index (χ4n) is 2.46. The summed E-state index contributed by atoms with van der Waals surface area (Å²) in [6.45, 7) is 1.68. The van der Waals surface area contributed by atoms with Crippen molar-refractivity contribution in [3.05, 3.63) is 71.7 Å². The Hall–Kier alpha value is -2.13. The Morgan fingerprint density at radius 3 is 2.68 bits per heavy atom. The van der Waals surface area contributed by atoms with E-state index < -0.39 is 5.60 Å². The molecule has 2 N–H and O–H groups in total. The Bertz CT molecular complexity index is 730. The van der Waals surface area contributed by atoms with Gasteiger partial charge in [-0.3, -0.25) is 0 Å². The van der Waals surface area contributed by atoms with Crippen LogP contribution in [0.25, 0.3) is 10.9 Å². The fourth-order valence-corrected chi connectivity index (χ4v) is 2.46. The zero-order chi connectivity index (χ0) is 13.5. The van der Waals surface area contributed by atoms with Crippen molar-refractivity contribution < 1.29 is 9.50 Å². The van der Waals surface area contributed by atoms with E-state index in [2.05, 4.69) is 4.98 Å². The van der Waals surface area contributed by atoms with Crippen molar-refractivity contribution in [3.63, 3.8) is 0 Å². The van der Waals surface area contributed by atoms with E-state index in [1.54, 1.807) is 19.1 Å². The molecule has 0 fully saturated rings. The molecule has 2 aromatic carbocycles. The van der Waals surface area contributed by atoms with Gasteiger partial charge in [0.1, 0.15) is 11.4 Å². The molecule has 19 heavy (non-hydrogen) atoms. The van der Waals surface area contributed by atoms with Crippen LogP contribution in [0, 0.1) is 5.82 Å². The Morgan fingerprint density at radius 2 is 1.89 bits per heavy atom. The summed E-state index contributed by atoms with van der Waals surface area (Å²) in [7, 11) is 0. The van der Waals surface area contributed by atoms with Crippen molar-refractivity contribution in [2.24, 2.45) is 0 Å². The largest absolute Gasteiger partial charge is 0.381 e. The van der Waals surface area contributed by atoms with Crippen LogP contribution in [0.3, 0.4) is 0 Å². The lowest BCUT2D eigenvalue weighted by Crippen LogP contribution is -2.23. The summed E-state index contributed by atoms with van der Waals surface area (Å²) in [6.07, 6.45) is 1.83. The quantitative estimate of drug-likeness (QED) is 0.721. The minimum Gasteiger partial charge on any atom is -0.381 e. The average Bonchev–Trinajstić information content (AvgIpc) is 2.86. The van der Waals surface area contributed by atoms with Crippen molar-refractivity contribution in [3.8, 4) is 0 Å². The highest BCUT2D eigenvalue weighted by Crippen LogP contribution is 2.34. The first-order valence-corrected chi connectivity index (χ1v) is 6.14. The third-order valence-electron chi connectivity index (χ3n) is 3.51. The molecule has 1 heterocycles. The summed E-state index contributed by atoms with van der Waals surface area (Å²) in [6, 6.07) is 13.7. The highest BCUT2D eigenvalue weighted by Gasteiger charge is 2.27. The number of aliphatic hydroxyl groups is 1. The maximum atomic E-state index is 13.3. The number of hydrogen-bond acceptors (Lipinski definition) is 1. The van der Waals surface area contributed by atoms with Crippen LogP contribution in [0.1, 0.15) is 18.1 Å². The number of H-pyrrole nitrogens is 1. The molecule has 3 heteroatoms. The Kier molecular flexibility index (Phi) is 2.64. The molecule has 0 bridgehead atoms. The molecule has 0 aliphatic heterocycles. The molecule has 0 aliphatic carbocycles. The van der Waals surface area contributed by atoms with E-state index in [0.29, 0.717) is 5.56 Å². The van der Waals surface area contributed by atoms with E-state index in [1.807, 2.05) is 30.5 Å². The van der Waals surface area contributed by atoms with Gasteiger partial charge >= 0.3 is 0 Å². The summed E-state index contributed by atoms with van der Waals surface area (Å²) in [5.41, 5.74) is 1.02. The molecule has 3 aromatic rings. The van der Waals surface area contributed by atoms with Crippen molar-refractivity contribution >= 4 is 10.9 Å². The molecule has 0 amide bonds. The van der Waals surface area contributed by atoms with Crippen LogP contribution in [0.4, 0.5) is 4.39 Å². The second-order valence-corrected chi connectivity index (χ2v) is 4.83. The van der Waals surface area contributed by atoms with Gasteiger partial charge in [0.2, 0.25) is 0 Å². The first kappa shape index (κ1) is 11.9. The normalized spacial score (nSPS) is 14.5. The molecule has 0 radical (unpaired) electrons. The standard InChI is InChI=1S/C16H14FNO/c1-16(19,11-4-2-5-12(17)10-11)14-6-3-7-15-13(14)8-9-18-15/h2-10,18-19H,1H3. The van der Waals surface area contributed by atoms with Gasteiger partial charge in [-0.2, -0.15) is 0 Å². The van der Waals surface area contributed by atoms with E-state index in [4.69, 9.17) is 0 Å². The summed E-state index contributed by atoms with van der Waals surface area (Å²) in [5.74, 6) is -0.348. The van der Waals surface area contributed by atoms with Crippen molar-refractivity contribution in [1.29, 1.82) is 0 Å². The lowest BCUT2D eigenvalue weighted by atomic mass is 9.86. The van der Waals surface area contributed by atoms with Crippen molar-refractivity contribution in [2.45, 2.75) is 12.5 Å². The van der Waals surface area contributed by atoms with Crippen LogP contribution < -0.4 is 0 Å². The molecule has 0 aliphatic rings. The highest BCUT2D eigenvalue weighted by molar-refractivity contribution is 5.84. The van der Waals surface area contributed by atoms with Crippen LogP contribution in [0.15, 0.2) is 54.7 Å². The van der Waals surface area contributed by atoms with E-state index in [9.17, 15) is 9.50 Å². The first-order chi connectivity index (χ1) is 9.09. The zero-order valence-corrected chi connectivity index (χ0v) is 10.5. The second kappa shape index (κ2) is 4.21. The van der Waals surface area contributed by atoms with Crippen LogP contribution in [0.2, 0.25) is 0 Å². The topological polar surface area (TPSA) is 36.0 Å². The van der Waals surface area contributed by atoms with Gasteiger partial charge in [0, 0.05) is 17.1 Å². The molecule has 3 rings (SSSR count). The highest BCUT2D eigenvalue weighted by atomic mass is 19.1. The molecule has 0 spiro atoms. The number of aromatic amines is 1. The van der Waals surface area contributed by atoms with Gasteiger partial charge in [-0.05, 0) is 42.3 Å². The molecular weight excluding hydrogens is 241 g/mol. The third kappa shape index (κ3) is 1.92. The van der Waals surface area contributed by atoms with Crippen molar-refractivity contribution in [2.75, 3.05) is 0 Å². The summed E-state index contributed by atoms with van der Waals surface area (Å²) < 4.78 is 13.3. The Morgan fingerprint density at radius 1 is 1.11 bits per heavy atom. The van der Waals surface area contributed by atoms with Gasteiger partial charge in [0.25, 0.3) is 0 Å². The minimum absolute atomic E-state index is 0.348. The van der Waals surface area contributed by atoms with E-state index in [-0.39, 0.29) is 5.82 Å². The summed E-state index contributed by atoms with van der Waals surface area (Å²) in [4.78, 5) is 3.11. The van der Waals surface area contributed by atoms with Gasteiger partial charge in [0.05, 0.1) is 0 Å². The predicted molar refractivity (Wildman–Crippen MR) is 73.4 cm³/mol. The molecule has 0 saturated heterocycles. The van der Waals surface area contributed by atoms with Crippen molar-refractivity contribution in [1.82, 2.24) is 4.98 Å². The van der Waals surface area contributed by atoms with Gasteiger partial charge in [-0.25, -0.2) is 4.39 Å². The molecule has 1 unspecified atom stereocenters. The monoisotopic (exact) mass is 255 g/mol. The number of hydrogen-bond donors (Lipinski definition) is 2. The third-order valence-corrected chi connectivity index (χ3v) is 3.51. The van der Waals surface area contributed by atoms with Gasteiger partial charge in [-0.1, -0.05) is 24.3 Å². The fraction of sp³-hybridized carbons (Fsp3) is 0.125. The smallest absolute Gasteiger partial charge is 0.123 e. The number of benzene rings is 2. The van der Waals surface area contributed by atoms with Crippen LogP contribution in [0.5, 0.6) is 0 Å². The first-order valence-electron chi connectivity index (χ1n) is 6.14. The summed E-state index contributed by atoms with van der Waals surface area (Å²) in [5, 5.41) is 11.8. The minimum atomic E-state index is -1.23. The number of fused-ring (bicyclic) bond motifs is 1.